The molecule has 0 radical (unpaired) electrons. The molecule has 1 fully saturated rings. The highest BCUT2D eigenvalue weighted by atomic mass is 19.1. The van der Waals surface area contributed by atoms with Crippen molar-refractivity contribution in [1.82, 2.24) is 20.4 Å². The van der Waals surface area contributed by atoms with Crippen molar-refractivity contribution < 1.29 is 4.39 Å². The van der Waals surface area contributed by atoms with Crippen LogP contribution in [0.25, 0.3) is 11.3 Å². The Hall–Kier alpha value is -1.72. The molecular weight excluding hydrogens is 267 g/mol. The predicted octanol–water partition coefficient (Wildman–Crippen LogP) is 2.40. The summed E-state index contributed by atoms with van der Waals surface area (Å²) in [4.78, 5) is 2.42. The van der Waals surface area contributed by atoms with Gasteiger partial charge in [-0.25, -0.2) is 4.39 Å². The standard InChI is InChI=1S/C16H21FN4/c1-16(2)11-21(8-7-18-16)10-13-9-19-20-15(13)12-3-5-14(17)6-4-12/h3-6,9,18H,7-8,10-11H2,1-2H3,(H,19,20). The topological polar surface area (TPSA) is 44.0 Å². The number of halogens is 1. The summed E-state index contributed by atoms with van der Waals surface area (Å²) in [6, 6.07) is 6.53. The summed E-state index contributed by atoms with van der Waals surface area (Å²) in [7, 11) is 0. The van der Waals surface area contributed by atoms with Gasteiger partial charge >= 0.3 is 0 Å². The maximum atomic E-state index is 13.0. The number of nitrogens with one attached hydrogen (secondary N) is 2. The van der Waals surface area contributed by atoms with Gasteiger partial charge in [-0.3, -0.25) is 10.00 Å². The van der Waals surface area contributed by atoms with Crippen molar-refractivity contribution in [3.05, 3.63) is 41.8 Å². The summed E-state index contributed by atoms with van der Waals surface area (Å²) in [5.74, 6) is -0.219. The molecule has 0 amide bonds. The van der Waals surface area contributed by atoms with E-state index in [0.29, 0.717) is 0 Å². The minimum absolute atomic E-state index is 0.137. The van der Waals surface area contributed by atoms with Crippen LogP contribution in [0.15, 0.2) is 30.5 Å². The van der Waals surface area contributed by atoms with Crippen molar-refractivity contribution in [3.63, 3.8) is 0 Å². The first-order chi connectivity index (χ1) is 10.0. The lowest BCUT2D eigenvalue weighted by atomic mass is 10.0. The fourth-order valence-electron chi connectivity index (χ4n) is 2.92. The number of piperazine rings is 1. The van der Waals surface area contributed by atoms with Gasteiger partial charge in [0, 0.05) is 42.8 Å². The Morgan fingerprint density at radius 3 is 2.76 bits per heavy atom. The van der Waals surface area contributed by atoms with E-state index in [0.717, 1.165) is 43.0 Å². The number of benzene rings is 1. The van der Waals surface area contributed by atoms with Crippen molar-refractivity contribution in [2.24, 2.45) is 0 Å². The van der Waals surface area contributed by atoms with Crippen molar-refractivity contribution in [2.75, 3.05) is 19.6 Å². The number of hydrogen-bond donors (Lipinski definition) is 2. The average molecular weight is 288 g/mol. The Morgan fingerprint density at radius 2 is 2.05 bits per heavy atom. The molecule has 1 aromatic carbocycles. The Kier molecular flexibility index (Phi) is 3.78. The summed E-state index contributed by atoms with van der Waals surface area (Å²) < 4.78 is 13.0. The molecule has 1 aliphatic heterocycles. The Bertz CT molecular complexity index is 603. The van der Waals surface area contributed by atoms with Crippen molar-refractivity contribution in [1.29, 1.82) is 0 Å². The highest BCUT2D eigenvalue weighted by molar-refractivity contribution is 5.62. The van der Waals surface area contributed by atoms with E-state index in [1.54, 1.807) is 12.1 Å². The third-order valence-electron chi connectivity index (χ3n) is 3.90. The lowest BCUT2D eigenvalue weighted by Crippen LogP contribution is -2.56. The second kappa shape index (κ2) is 5.58. The van der Waals surface area contributed by atoms with Gasteiger partial charge in [0.15, 0.2) is 0 Å². The van der Waals surface area contributed by atoms with E-state index in [2.05, 4.69) is 34.3 Å². The molecule has 5 heteroatoms. The van der Waals surface area contributed by atoms with Crippen molar-refractivity contribution >= 4 is 0 Å². The molecule has 0 bridgehead atoms. The number of hydrogen-bond acceptors (Lipinski definition) is 3. The first kappa shape index (κ1) is 14.2. The molecular formula is C16H21FN4. The Labute approximate surface area is 124 Å². The summed E-state index contributed by atoms with van der Waals surface area (Å²) >= 11 is 0. The molecule has 21 heavy (non-hydrogen) atoms. The molecule has 0 unspecified atom stereocenters. The normalized spacial score (nSPS) is 18.8. The third-order valence-corrected chi connectivity index (χ3v) is 3.90. The zero-order valence-electron chi connectivity index (χ0n) is 12.5. The fraction of sp³-hybridized carbons (Fsp3) is 0.438. The van der Waals surface area contributed by atoms with Gasteiger partial charge in [-0.2, -0.15) is 5.10 Å². The molecule has 4 nitrogen and oxygen atoms in total. The van der Waals surface area contributed by atoms with Gasteiger partial charge in [0.2, 0.25) is 0 Å². The minimum Gasteiger partial charge on any atom is -0.309 e. The van der Waals surface area contributed by atoms with Gasteiger partial charge in [0.1, 0.15) is 5.82 Å². The van der Waals surface area contributed by atoms with E-state index >= 15 is 0 Å². The summed E-state index contributed by atoms with van der Waals surface area (Å²) in [6.07, 6.45) is 1.87. The van der Waals surface area contributed by atoms with Crippen LogP contribution in [-0.4, -0.2) is 40.3 Å². The maximum Gasteiger partial charge on any atom is 0.123 e. The van der Waals surface area contributed by atoms with E-state index in [1.807, 2.05) is 6.20 Å². The summed E-state index contributed by atoms with van der Waals surface area (Å²) in [6.45, 7) is 8.31. The highest BCUT2D eigenvalue weighted by Gasteiger charge is 2.26. The number of nitrogens with zero attached hydrogens (tertiary/aromatic N) is 2. The molecule has 2 N–H and O–H groups in total. The highest BCUT2D eigenvalue weighted by Crippen LogP contribution is 2.23. The van der Waals surface area contributed by atoms with Crippen LogP contribution >= 0.6 is 0 Å². The SMILES string of the molecule is CC1(C)CN(Cc2cn[nH]c2-c2ccc(F)cc2)CCN1. The van der Waals surface area contributed by atoms with Crippen LogP contribution in [-0.2, 0) is 6.54 Å². The second-order valence-corrected chi connectivity index (χ2v) is 6.30. The Morgan fingerprint density at radius 1 is 1.29 bits per heavy atom. The van der Waals surface area contributed by atoms with Crippen LogP contribution in [0.2, 0.25) is 0 Å². The monoisotopic (exact) mass is 288 g/mol. The quantitative estimate of drug-likeness (QED) is 0.911. The number of aromatic amines is 1. The summed E-state index contributed by atoms with van der Waals surface area (Å²) in [5.41, 5.74) is 3.24. The minimum atomic E-state index is -0.219. The van der Waals surface area contributed by atoms with Gasteiger partial charge in [-0.15, -0.1) is 0 Å². The van der Waals surface area contributed by atoms with Crippen LogP contribution < -0.4 is 5.32 Å². The average Bonchev–Trinajstić information content (AvgIpc) is 2.86. The molecule has 2 heterocycles. The molecule has 0 aliphatic carbocycles. The summed E-state index contributed by atoms with van der Waals surface area (Å²) in [5, 5.41) is 10.7. The fourth-order valence-corrected chi connectivity index (χ4v) is 2.92. The van der Waals surface area contributed by atoms with Gasteiger partial charge in [0.25, 0.3) is 0 Å². The number of H-pyrrole nitrogens is 1. The second-order valence-electron chi connectivity index (χ2n) is 6.30. The zero-order chi connectivity index (χ0) is 14.9. The number of rotatable bonds is 3. The molecule has 1 aromatic heterocycles. The molecule has 112 valence electrons. The first-order valence-corrected chi connectivity index (χ1v) is 7.29. The van der Waals surface area contributed by atoms with Crippen LogP contribution in [0.5, 0.6) is 0 Å². The molecule has 2 aromatic rings. The van der Waals surface area contributed by atoms with Crippen molar-refractivity contribution in [3.8, 4) is 11.3 Å². The first-order valence-electron chi connectivity index (χ1n) is 7.29. The lowest BCUT2D eigenvalue weighted by molar-refractivity contribution is 0.148. The van der Waals surface area contributed by atoms with Crippen LogP contribution in [0.3, 0.4) is 0 Å². The molecule has 1 aliphatic rings. The van der Waals surface area contributed by atoms with E-state index in [4.69, 9.17) is 0 Å². The van der Waals surface area contributed by atoms with Gasteiger partial charge in [0.05, 0.1) is 11.9 Å². The van der Waals surface area contributed by atoms with Crippen LogP contribution in [0, 0.1) is 5.82 Å². The maximum absolute atomic E-state index is 13.0. The van der Waals surface area contributed by atoms with Crippen molar-refractivity contribution in [2.45, 2.75) is 25.9 Å². The Balaban J connectivity index is 1.78. The van der Waals surface area contributed by atoms with Gasteiger partial charge < -0.3 is 5.32 Å². The number of aromatic nitrogens is 2. The zero-order valence-corrected chi connectivity index (χ0v) is 12.5. The lowest BCUT2D eigenvalue weighted by Gasteiger charge is -2.39. The van der Waals surface area contributed by atoms with E-state index in [-0.39, 0.29) is 11.4 Å². The van der Waals surface area contributed by atoms with Crippen LogP contribution in [0.4, 0.5) is 4.39 Å². The molecule has 0 atom stereocenters. The van der Waals surface area contributed by atoms with E-state index in [9.17, 15) is 4.39 Å². The third kappa shape index (κ3) is 3.31. The van der Waals surface area contributed by atoms with Gasteiger partial charge in [-0.05, 0) is 38.1 Å². The predicted molar refractivity (Wildman–Crippen MR) is 81.3 cm³/mol. The van der Waals surface area contributed by atoms with E-state index < -0.39 is 0 Å². The smallest absolute Gasteiger partial charge is 0.123 e. The van der Waals surface area contributed by atoms with Crippen LogP contribution in [0.1, 0.15) is 19.4 Å². The molecule has 1 saturated heterocycles. The molecule has 3 rings (SSSR count). The van der Waals surface area contributed by atoms with E-state index in [1.165, 1.54) is 12.1 Å². The largest absolute Gasteiger partial charge is 0.309 e. The molecule has 0 saturated carbocycles. The van der Waals surface area contributed by atoms with Gasteiger partial charge in [-0.1, -0.05) is 0 Å². The molecule has 0 spiro atoms.